The Morgan fingerprint density at radius 3 is 2.75 bits per heavy atom. The average molecular weight is 358 g/mol. The molecule has 3 N–H and O–H groups in total. The van der Waals surface area contributed by atoms with E-state index < -0.39 is 0 Å². The average Bonchev–Trinajstić information content (AvgIpc) is 2.42. The summed E-state index contributed by atoms with van der Waals surface area (Å²) >= 11 is 9.70. The Bertz CT molecular complexity index is 619. The Labute approximate surface area is 131 Å². The lowest BCUT2D eigenvalue weighted by atomic mass is 9.98. The minimum absolute atomic E-state index is 0.135. The Balaban J connectivity index is 2.31. The zero-order chi connectivity index (χ0) is 14.7. The lowest BCUT2D eigenvalue weighted by Gasteiger charge is -2.19. The second kappa shape index (κ2) is 6.68. The molecule has 2 aromatic carbocycles. The smallest absolute Gasteiger partial charge is 0.124 e. The van der Waals surface area contributed by atoms with Gasteiger partial charge in [-0.1, -0.05) is 51.8 Å². The van der Waals surface area contributed by atoms with Gasteiger partial charge in [0.1, 0.15) is 5.82 Å². The maximum atomic E-state index is 13.1. The predicted molar refractivity (Wildman–Crippen MR) is 84.1 cm³/mol. The van der Waals surface area contributed by atoms with E-state index in [1.165, 1.54) is 12.1 Å². The molecule has 0 saturated heterocycles. The van der Waals surface area contributed by atoms with Crippen LogP contribution >= 0.6 is 27.5 Å². The Kier molecular flexibility index (Phi) is 5.16. The van der Waals surface area contributed by atoms with Crippen LogP contribution in [0.25, 0.3) is 0 Å². The van der Waals surface area contributed by atoms with Crippen molar-refractivity contribution in [1.82, 2.24) is 5.43 Å². The highest BCUT2D eigenvalue weighted by molar-refractivity contribution is 9.10. The molecular weight excluding hydrogens is 343 g/mol. The molecular formula is C15H15BrClFN2. The van der Waals surface area contributed by atoms with Gasteiger partial charge in [0.25, 0.3) is 0 Å². The lowest BCUT2D eigenvalue weighted by Crippen LogP contribution is -2.30. The molecule has 2 nitrogen and oxygen atoms in total. The van der Waals surface area contributed by atoms with E-state index in [9.17, 15) is 4.39 Å². The van der Waals surface area contributed by atoms with Crippen molar-refractivity contribution < 1.29 is 4.39 Å². The molecule has 1 atom stereocenters. The first-order chi connectivity index (χ1) is 9.52. The number of aryl methyl sites for hydroxylation is 1. The summed E-state index contributed by atoms with van der Waals surface area (Å²) < 4.78 is 13.8. The van der Waals surface area contributed by atoms with Crippen molar-refractivity contribution in [1.29, 1.82) is 0 Å². The third-order valence-corrected chi connectivity index (χ3v) is 4.49. The van der Waals surface area contributed by atoms with E-state index in [1.807, 2.05) is 25.1 Å². The molecule has 2 aromatic rings. The van der Waals surface area contributed by atoms with Crippen LogP contribution in [0.1, 0.15) is 22.7 Å². The summed E-state index contributed by atoms with van der Waals surface area (Å²) in [6.07, 6.45) is 0.612. The number of nitrogens with one attached hydrogen (secondary N) is 1. The van der Waals surface area contributed by atoms with Gasteiger partial charge >= 0.3 is 0 Å². The first-order valence-electron chi connectivity index (χ1n) is 6.18. The van der Waals surface area contributed by atoms with E-state index >= 15 is 0 Å². The molecule has 0 aliphatic rings. The second-order valence-corrected chi connectivity index (χ2v) is 5.87. The Morgan fingerprint density at radius 1 is 1.35 bits per heavy atom. The van der Waals surface area contributed by atoms with Gasteiger partial charge in [-0.2, -0.15) is 0 Å². The van der Waals surface area contributed by atoms with Crippen molar-refractivity contribution in [2.24, 2.45) is 5.84 Å². The number of hydrazine groups is 1. The van der Waals surface area contributed by atoms with E-state index in [0.717, 1.165) is 21.2 Å². The van der Waals surface area contributed by atoms with Crippen molar-refractivity contribution in [3.8, 4) is 0 Å². The van der Waals surface area contributed by atoms with Gasteiger partial charge in [0.05, 0.1) is 6.04 Å². The van der Waals surface area contributed by atoms with Gasteiger partial charge in [0.15, 0.2) is 0 Å². The van der Waals surface area contributed by atoms with Crippen LogP contribution in [0, 0.1) is 12.7 Å². The van der Waals surface area contributed by atoms with Crippen LogP contribution in [0.3, 0.4) is 0 Å². The minimum atomic E-state index is -0.272. The fourth-order valence-electron chi connectivity index (χ4n) is 2.11. The number of halogens is 3. The zero-order valence-corrected chi connectivity index (χ0v) is 13.3. The summed E-state index contributed by atoms with van der Waals surface area (Å²) in [5.74, 6) is 5.38. The first-order valence-corrected chi connectivity index (χ1v) is 7.35. The van der Waals surface area contributed by atoms with Crippen LogP contribution < -0.4 is 11.3 Å². The van der Waals surface area contributed by atoms with E-state index in [0.29, 0.717) is 11.4 Å². The fraction of sp³-hybridized carbons (Fsp3) is 0.200. The summed E-state index contributed by atoms with van der Waals surface area (Å²) in [7, 11) is 0. The molecule has 0 heterocycles. The van der Waals surface area contributed by atoms with Crippen molar-refractivity contribution in [3.05, 3.63) is 68.4 Å². The van der Waals surface area contributed by atoms with Crippen LogP contribution in [0.2, 0.25) is 5.02 Å². The lowest BCUT2D eigenvalue weighted by molar-refractivity contribution is 0.549. The summed E-state index contributed by atoms with van der Waals surface area (Å²) in [6.45, 7) is 1.95. The van der Waals surface area contributed by atoms with Gasteiger partial charge in [0, 0.05) is 9.50 Å². The van der Waals surface area contributed by atoms with E-state index in [-0.39, 0.29) is 11.9 Å². The molecule has 106 valence electrons. The molecule has 0 aliphatic carbocycles. The normalized spacial score (nSPS) is 12.4. The first kappa shape index (κ1) is 15.4. The third kappa shape index (κ3) is 3.38. The van der Waals surface area contributed by atoms with Crippen LogP contribution in [0.5, 0.6) is 0 Å². The Hall–Kier alpha value is -0.940. The molecule has 2 rings (SSSR count). The van der Waals surface area contributed by atoms with E-state index in [2.05, 4.69) is 21.4 Å². The second-order valence-electron chi connectivity index (χ2n) is 4.64. The molecule has 0 aromatic heterocycles. The number of hydrogen-bond acceptors (Lipinski definition) is 2. The largest absolute Gasteiger partial charge is 0.271 e. The molecule has 1 unspecified atom stereocenters. The van der Waals surface area contributed by atoms with Crippen molar-refractivity contribution in [2.45, 2.75) is 19.4 Å². The van der Waals surface area contributed by atoms with Crippen molar-refractivity contribution in [3.63, 3.8) is 0 Å². The predicted octanol–water partition coefficient (Wildman–Crippen LogP) is 4.30. The van der Waals surface area contributed by atoms with Gasteiger partial charge in [0.2, 0.25) is 0 Å². The monoisotopic (exact) mass is 356 g/mol. The maximum absolute atomic E-state index is 13.1. The molecule has 0 radical (unpaired) electrons. The molecule has 0 fully saturated rings. The number of rotatable bonds is 4. The summed E-state index contributed by atoms with van der Waals surface area (Å²) in [5.41, 5.74) is 5.68. The summed E-state index contributed by atoms with van der Waals surface area (Å²) in [4.78, 5) is 0. The molecule has 0 amide bonds. The van der Waals surface area contributed by atoms with Gasteiger partial charge in [-0.15, -0.1) is 0 Å². The van der Waals surface area contributed by atoms with Crippen molar-refractivity contribution >= 4 is 27.5 Å². The highest BCUT2D eigenvalue weighted by Gasteiger charge is 2.16. The van der Waals surface area contributed by atoms with Crippen LogP contribution in [0.4, 0.5) is 4.39 Å². The maximum Gasteiger partial charge on any atom is 0.124 e. The topological polar surface area (TPSA) is 38.0 Å². The highest BCUT2D eigenvalue weighted by Crippen LogP contribution is 2.30. The molecule has 0 bridgehead atoms. The molecule has 20 heavy (non-hydrogen) atoms. The zero-order valence-electron chi connectivity index (χ0n) is 11.0. The summed E-state index contributed by atoms with van der Waals surface area (Å²) in [6, 6.07) is 10.3. The SMILES string of the molecule is Cc1cccc(C(Cc2ccc(F)cc2Br)NN)c1Cl. The third-order valence-electron chi connectivity index (χ3n) is 3.24. The van der Waals surface area contributed by atoms with E-state index in [4.69, 9.17) is 17.4 Å². The number of nitrogens with two attached hydrogens (primary N) is 1. The molecule has 5 heteroatoms. The van der Waals surface area contributed by atoms with Gasteiger partial charge < -0.3 is 0 Å². The van der Waals surface area contributed by atoms with Gasteiger partial charge in [-0.3, -0.25) is 11.3 Å². The summed E-state index contributed by atoms with van der Waals surface area (Å²) in [5, 5.41) is 0.702. The highest BCUT2D eigenvalue weighted by atomic mass is 79.9. The van der Waals surface area contributed by atoms with Gasteiger partial charge in [-0.25, -0.2) is 4.39 Å². The minimum Gasteiger partial charge on any atom is -0.271 e. The molecule has 0 aliphatic heterocycles. The molecule has 0 spiro atoms. The van der Waals surface area contributed by atoms with Crippen LogP contribution in [-0.4, -0.2) is 0 Å². The quantitative estimate of drug-likeness (QED) is 0.632. The number of benzene rings is 2. The standard InChI is InChI=1S/C15H15BrClFN2/c1-9-3-2-4-12(15(9)17)14(20-19)7-10-5-6-11(18)8-13(10)16/h2-6,8,14,20H,7,19H2,1H3. The van der Waals surface area contributed by atoms with Crippen molar-refractivity contribution in [2.75, 3.05) is 0 Å². The van der Waals surface area contributed by atoms with Crippen LogP contribution in [-0.2, 0) is 6.42 Å². The van der Waals surface area contributed by atoms with E-state index in [1.54, 1.807) is 6.07 Å². The Morgan fingerprint density at radius 2 is 2.10 bits per heavy atom. The van der Waals surface area contributed by atoms with Gasteiger partial charge in [-0.05, 0) is 42.2 Å². The fourth-order valence-corrected chi connectivity index (χ4v) is 2.88. The number of hydrogen-bond donors (Lipinski definition) is 2. The van der Waals surface area contributed by atoms with Crippen LogP contribution in [0.15, 0.2) is 40.9 Å². The molecule has 0 saturated carbocycles.